The number of carbonyl (C=O) groups excluding carboxylic acids is 1. The maximum absolute atomic E-state index is 12.0. The van der Waals surface area contributed by atoms with Gasteiger partial charge in [0.05, 0.1) is 6.04 Å². The van der Waals surface area contributed by atoms with Crippen LogP contribution < -0.4 is 10.6 Å². The lowest BCUT2D eigenvalue weighted by Crippen LogP contribution is -2.48. The molecule has 0 spiro atoms. The summed E-state index contributed by atoms with van der Waals surface area (Å²) in [4.78, 5) is 12.0. The molecular formula is C13H22N4O. The van der Waals surface area contributed by atoms with E-state index in [1.54, 1.807) is 6.20 Å². The zero-order valence-electron chi connectivity index (χ0n) is 11.1. The molecule has 0 radical (unpaired) electrons. The first-order valence-electron chi connectivity index (χ1n) is 6.65. The molecule has 0 aliphatic carbocycles. The first-order chi connectivity index (χ1) is 8.66. The van der Waals surface area contributed by atoms with E-state index < -0.39 is 0 Å². The summed E-state index contributed by atoms with van der Waals surface area (Å²) < 4.78 is 1.84. The fourth-order valence-electron chi connectivity index (χ4n) is 2.39. The fourth-order valence-corrected chi connectivity index (χ4v) is 2.39. The smallest absolute Gasteiger partial charge is 0.237 e. The highest BCUT2D eigenvalue weighted by molar-refractivity contribution is 5.81. The second-order valence-electron chi connectivity index (χ2n) is 5.12. The van der Waals surface area contributed by atoms with Gasteiger partial charge in [0.15, 0.2) is 0 Å². The number of rotatable bonds is 4. The Morgan fingerprint density at radius 3 is 3.17 bits per heavy atom. The first kappa shape index (κ1) is 13.1. The molecule has 1 aromatic heterocycles. The van der Waals surface area contributed by atoms with Crippen molar-refractivity contribution in [2.45, 2.75) is 32.2 Å². The van der Waals surface area contributed by atoms with Crippen molar-refractivity contribution >= 4 is 5.91 Å². The molecule has 100 valence electrons. The van der Waals surface area contributed by atoms with Crippen LogP contribution in [-0.4, -0.2) is 34.8 Å². The van der Waals surface area contributed by atoms with Gasteiger partial charge in [-0.3, -0.25) is 9.48 Å². The Bertz CT molecular complexity index is 401. The van der Waals surface area contributed by atoms with Crippen LogP contribution in [0.25, 0.3) is 0 Å². The van der Waals surface area contributed by atoms with Crippen LogP contribution in [0.1, 0.15) is 25.5 Å². The molecule has 5 heteroatoms. The largest absolute Gasteiger partial charge is 0.354 e. The Morgan fingerprint density at radius 1 is 1.67 bits per heavy atom. The van der Waals surface area contributed by atoms with Gasteiger partial charge in [-0.25, -0.2) is 0 Å². The summed E-state index contributed by atoms with van der Waals surface area (Å²) in [6, 6.07) is 1.97. The third kappa shape index (κ3) is 3.32. The van der Waals surface area contributed by atoms with Gasteiger partial charge >= 0.3 is 0 Å². The minimum Gasteiger partial charge on any atom is -0.354 e. The predicted molar refractivity (Wildman–Crippen MR) is 70.1 cm³/mol. The van der Waals surface area contributed by atoms with Crippen molar-refractivity contribution in [1.29, 1.82) is 0 Å². The van der Waals surface area contributed by atoms with Crippen LogP contribution in [0.15, 0.2) is 12.3 Å². The number of aryl methyl sites for hydroxylation is 1. The van der Waals surface area contributed by atoms with E-state index in [9.17, 15) is 4.79 Å². The molecule has 1 amide bonds. The zero-order chi connectivity index (χ0) is 13.0. The van der Waals surface area contributed by atoms with E-state index in [1.807, 2.05) is 17.8 Å². The van der Waals surface area contributed by atoms with E-state index >= 15 is 0 Å². The maximum Gasteiger partial charge on any atom is 0.237 e. The third-order valence-corrected chi connectivity index (χ3v) is 3.59. The molecule has 1 aliphatic rings. The lowest BCUT2D eigenvalue weighted by molar-refractivity contribution is -0.124. The van der Waals surface area contributed by atoms with Crippen LogP contribution in [0.5, 0.6) is 0 Å². The van der Waals surface area contributed by atoms with E-state index in [0.717, 1.165) is 25.1 Å². The van der Waals surface area contributed by atoms with Crippen LogP contribution in [0.3, 0.4) is 0 Å². The molecule has 2 rings (SSSR count). The van der Waals surface area contributed by atoms with Gasteiger partial charge < -0.3 is 10.6 Å². The van der Waals surface area contributed by atoms with Crippen LogP contribution in [-0.2, 0) is 18.3 Å². The van der Waals surface area contributed by atoms with Crippen molar-refractivity contribution in [3.63, 3.8) is 0 Å². The molecule has 1 fully saturated rings. The van der Waals surface area contributed by atoms with E-state index in [2.05, 4.69) is 22.7 Å². The average molecular weight is 250 g/mol. The lowest BCUT2D eigenvalue weighted by atomic mass is 9.94. The number of amides is 1. The summed E-state index contributed by atoms with van der Waals surface area (Å²) in [7, 11) is 1.92. The molecule has 0 saturated carbocycles. The summed E-state index contributed by atoms with van der Waals surface area (Å²) in [5, 5.41) is 10.4. The van der Waals surface area contributed by atoms with Gasteiger partial charge in [0, 0.05) is 31.9 Å². The van der Waals surface area contributed by atoms with E-state index in [-0.39, 0.29) is 11.9 Å². The van der Waals surface area contributed by atoms with Crippen molar-refractivity contribution in [2.24, 2.45) is 13.0 Å². The van der Waals surface area contributed by atoms with Crippen molar-refractivity contribution in [1.82, 2.24) is 20.4 Å². The van der Waals surface area contributed by atoms with Crippen LogP contribution in [0.2, 0.25) is 0 Å². The van der Waals surface area contributed by atoms with Crippen LogP contribution >= 0.6 is 0 Å². The van der Waals surface area contributed by atoms with Crippen molar-refractivity contribution in [3.8, 4) is 0 Å². The number of hydrogen-bond acceptors (Lipinski definition) is 3. The number of aromatic nitrogens is 2. The highest BCUT2D eigenvalue weighted by atomic mass is 16.2. The van der Waals surface area contributed by atoms with Gasteiger partial charge in [0.25, 0.3) is 0 Å². The lowest BCUT2D eigenvalue weighted by Gasteiger charge is -2.27. The van der Waals surface area contributed by atoms with E-state index in [4.69, 9.17) is 0 Å². The number of piperidine rings is 1. The second kappa shape index (κ2) is 6.00. The molecule has 1 saturated heterocycles. The maximum atomic E-state index is 12.0. The molecule has 2 atom stereocenters. The molecule has 0 bridgehead atoms. The predicted octanol–water partition coefficient (Wildman–Crippen LogP) is 0.467. The van der Waals surface area contributed by atoms with Crippen LogP contribution in [0, 0.1) is 5.92 Å². The Hall–Kier alpha value is -1.36. The summed E-state index contributed by atoms with van der Waals surface area (Å²) in [5.41, 5.74) is 1.14. The minimum absolute atomic E-state index is 0.0136. The summed E-state index contributed by atoms with van der Waals surface area (Å²) >= 11 is 0. The minimum atomic E-state index is -0.0136. The van der Waals surface area contributed by atoms with Gasteiger partial charge in [-0.05, 0) is 31.4 Å². The fraction of sp³-hybridized carbons (Fsp3) is 0.692. The Kier molecular flexibility index (Phi) is 4.36. The van der Waals surface area contributed by atoms with Gasteiger partial charge in [0.2, 0.25) is 5.91 Å². The van der Waals surface area contributed by atoms with Crippen molar-refractivity contribution in [2.75, 3.05) is 13.1 Å². The molecular weight excluding hydrogens is 228 g/mol. The summed E-state index contributed by atoms with van der Waals surface area (Å²) in [5.74, 6) is 0.766. The SMILES string of the molecule is CC1CCNC(C(=O)NCCc2ccnn2C)C1. The zero-order valence-corrected chi connectivity index (χ0v) is 11.1. The van der Waals surface area contributed by atoms with Crippen molar-refractivity contribution in [3.05, 3.63) is 18.0 Å². The quantitative estimate of drug-likeness (QED) is 0.816. The third-order valence-electron chi connectivity index (χ3n) is 3.59. The summed E-state index contributed by atoms with van der Waals surface area (Å²) in [6.07, 6.45) is 4.71. The number of nitrogens with one attached hydrogen (secondary N) is 2. The van der Waals surface area contributed by atoms with Crippen molar-refractivity contribution < 1.29 is 4.79 Å². The van der Waals surface area contributed by atoms with E-state index in [1.165, 1.54) is 6.42 Å². The molecule has 2 unspecified atom stereocenters. The number of hydrogen-bond donors (Lipinski definition) is 2. The highest BCUT2D eigenvalue weighted by Crippen LogP contribution is 2.14. The first-order valence-corrected chi connectivity index (χ1v) is 6.65. The Labute approximate surface area is 108 Å². The monoisotopic (exact) mass is 250 g/mol. The molecule has 2 N–H and O–H groups in total. The van der Waals surface area contributed by atoms with Gasteiger partial charge in [0.1, 0.15) is 0 Å². The molecule has 5 nitrogen and oxygen atoms in total. The highest BCUT2D eigenvalue weighted by Gasteiger charge is 2.23. The standard InChI is InChI=1S/C13H22N4O/c1-10-3-6-14-12(9-10)13(18)15-7-4-11-5-8-16-17(11)2/h5,8,10,12,14H,3-4,6-7,9H2,1-2H3,(H,15,18). The Morgan fingerprint density at radius 2 is 2.50 bits per heavy atom. The average Bonchev–Trinajstić information content (AvgIpc) is 2.75. The molecule has 2 heterocycles. The molecule has 18 heavy (non-hydrogen) atoms. The molecule has 0 aromatic carbocycles. The summed E-state index contributed by atoms with van der Waals surface area (Å²) in [6.45, 7) is 3.82. The van der Waals surface area contributed by atoms with Gasteiger partial charge in [-0.2, -0.15) is 5.10 Å². The molecule has 1 aromatic rings. The van der Waals surface area contributed by atoms with Gasteiger partial charge in [-0.15, -0.1) is 0 Å². The van der Waals surface area contributed by atoms with Gasteiger partial charge in [-0.1, -0.05) is 6.92 Å². The second-order valence-corrected chi connectivity index (χ2v) is 5.12. The van der Waals surface area contributed by atoms with Crippen LogP contribution in [0.4, 0.5) is 0 Å². The topological polar surface area (TPSA) is 59.0 Å². The normalized spacial score (nSPS) is 23.9. The number of nitrogens with zero attached hydrogens (tertiary/aromatic N) is 2. The molecule has 1 aliphatic heterocycles. The van der Waals surface area contributed by atoms with E-state index in [0.29, 0.717) is 12.5 Å². The Balaban J connectivity index is 1.73. The number of carbonyl (C=O) groups is 1.